The summed E-state index contributed by atoms with van der Waals surface area (Å²) >= 11 is 0. The molecule has 0 aliphatic rings. The van der Waals surface area contributed by atoms with Crippen LogP contribution in [0.1, 0.15) is 130 Å². The number of hydrogen-bond acceptors (Lipinski definition) is 0. The molecule has 1 radical (unpaired) electrons. The quantitative estimate of drug-likeness (QED) is 0.241. The summed E-state index contributed by atoms with van der Waals surface area (Å²) < 4.78 is 0. The maximum absolute atomic E-state index is 13.4. The van der Waals surface area contributed by atoms with Gasteiger partial charge in [0.25, 0.3) is 0 Å². The van der Waals surface area contributed by atoms with Gasteiger partial charge in [-0.1, -0.05) is 105 Å². The minimum absolute atomic E-state index is 0.422. The summed E-state index contributed by atoms with van der Waals surface area (Å²) in [5.41, 5.74) is -0.640. The van der Waals surface area contributed by atoms with E-state index < -0.39 is 5.60 Å². The first kappa shape index (κ1) is 23.0. The summed E-state index contributed by atoms with van der Waals surface area (Å²) in [6.45, 7) is 8.90. The molecule has 0 heterocycles. The molecule has 139 valence electrons. The lowest BCUT2D eigenvalue weighted by molar-refractivity contribution is -0.0978. The lowest BCUT2D eigenvalue weighted by atomic mass is 9.75. The van der Waals surface area contributed by atoms with Gasteiger partial charge in [-0.25, -0.2) is 5.11 Å². The third-order valence-corrected chi connectivity index (χ3v) is 5.40. The van der Waals surface area contributed by atoms with Gasteiger partial charge < -0.3 is 0 Å². The zero-order chi connectivity index (χ0) is 17.4. The predicted molar refractivity (Wildman–Crippen MR) is 103 cm³/mol. The van der Waals surface area contributed by atoms with Crippen LogP contribution in [-0.2, 0) is 5.11 Å². The molecule has 1 heteroatoms. The SMILES string of the molecule is CCCCCCCCC(CCCCCC)C([O])(CCC)CCC. The van der Waals surface area contributed by atoms with Crippen LogP contribution in [0.5, 0.6) is 0 Å². The summed E-state index contributed by atoms with van der Waals surface area (Å²) in [6, 6.07) is 0. The van der Waals surface area contributed by atoms with Crippen molar-refractivity contribution in [3.05, 3.63) is 0 Å². The highest BCUT2D eigenvalue weighted by molar-refractivity contribution is 4.85. The Bertz CT molecular complexity index is 230. The van der Waals surface area contributed by atoms with E-state index in [2.05, 4.69) is 27.7 Å². The van der Waals surface area contributed by atoms with E-state index in [-0.39, 0.29) is 0 Å². The van der Waals surface area contributed by atoms with Gasteiger partial charge in [0.1, 0.15) is 5.60 Å². The van der Waals surface area contributed by atoms with Crippen LogP contribution in [0.3, 0.4) is 0 Å². The molecule has 0 aromatic rings. The lowest BCUT2D eigenvalue weighted by Crippen LogP contribution is -2.36. The molecule has 0 aromatic heterocycles. The van der Waals surface area contributed by atoms with Crippen LogP contribution in [0.2, 0.25) is 0 Å². The number of unbranched alkanes of at least 4 members (excludes halogenated alkanes) is 8. The molecule has 1 unspecified atom stereocenters. The van der Waals surface area contributed by atoms with Crippen LogP contribution in [0.25, 0.3) is 0 Å². The molecule has 1 atom stereocenters. The molecular weight excluding hydrogens is 280 g/mol. The van der Waals surface area contributed by atoms with Crippen molar-refractivity contribution in [3.8, 4) is 0 Å². The molecule has 0 saturated carbocycles. The minimum atomic E-state index is -0.640. The smallest absolute Gasteiger partial charge is 0.106 e. The van der Waals surface area contributed by atoms with Gasteiger partial charge >= 0.3 is 0 Å². The second-order valence-corrected chi connectivity index (χ2v) is 7.67. The summed E-state index contributed by atoms with van der Waals surface area (Å²) in [4.78, 5) is 0. The van der Waals surface area contributed by atoms with E-state index in [9.17, 15) is 5.11 Å². The molecule has 0 bridgehead atoms. The van der Waals surface area contributed by atoms with Crippen molar-refractivity contribution in [3.63, 3.8) is 0 Å². The lowest BCUT2D eigenvalue weighted by Gasteiger charge is -2.34. The number of rotatable bonds is 17. The maximum atomic E-state index is 13.4. The molecule has 1 nitrogen and oxygen atoms in total. The van der Waals surface area contributed by atoms with Gasteiger partial charge in [0.15, 0.2) is 0 Å². The minimum Gasteiger partial charge on any atom is -0.229 e. The second-order valence-electron chi connectivity index (χ2n) is 7.67. The van der Waals surface area contributed by atoms with E-state index in [4.69, 9.17) is 0 Å². The van der Waals surface area contributed by atoms with Crippen LogP contribution >= 0.6 is 0 Å². The molecule has 0 saturated heterocycles. The van der Waals surface area contributed by atoms with E-state index in [1.54, 1.807) is 0 Å². The van der Waals surface area contributed by atoms with Gasteiger partial charge in [-0.15, -0.1) is 0 Å². The Hall–Kier alpha value is -0.0400. The Morgan fingerprint density at radius 3 is 1.39 bits per heavy atom. The first-order chi connectivity index (χ1) is 11.1. The highest BCUT2D eigenvalue weighted by Crippen LogP contribution is 2.36. The first-order valence-corrected chi connectivity index (χ1v) is 10.8. The molecule has 0 fully saturated rings. The average Bonchev–Trinajstić information content (AvgIpc) is 2.53. The Balaban J connectivity index is 4.39. The van der Waals surface area contributed by atoms with Crippen LogP contribution < -0.4 is 0 Å². The Labute approximate surface area is 147 Å². The van der Waals surface area contributed by atoms with Crippen molar-refractivity contribution in [1.29, 1.82) is 0 Å². The molecule has 0 N–H and O–H groups in total. The van der Waals surface area contributed by atoms with Crippen molar-refractivity contribution in [2.45, 2.75) is 136 Å². The van der Waals surface area contributed by atoms with Gasteiger partial charge in [-0.3, -0.25) is 0 Å². The summed E-state index contributed by atoms with van der Waals surface area (Å²) in [5, 5.41) is 13.4. The largest absolute Gasteiger partial charge is 0.229 e. The van der Waals surface area contributed by atoms with Crippen LogP contribution in [0, 0.1) is 5.92 Å². The van der Waals surface area contributed by atoms with E-state index in [1.807, 2.05) is 0 Å². The zero-order valence-corrected chi connectivity index (χ0v) is 16.8. The molecule has 0 spiro atoms. The average molecular weight is 326 g/mol. The van der Waals surface area contributed by atoms with E-state index in [0.717, 1.165) is 25.7 Å². The predicted octanol–water partition coefficient (Wildman–Crippen LogP) is 8.09. The maximum Gasteiger partial charge on any atom is 0.106 e. The molecule has 0 aromatic carbocycles. The third kappa shape index (κ3) is 11.2. The Kier molecular flexibility index (Phi) is 15.5. The molecule has 0 rings (SSSR count). The van der Waals surface area contributed by atoms with Crippen molar-refractivity contribution >= 4 is 0 Å². The van der Waals surface area contributed by atoms with Crippen molar-refractivity contribution < 1.29 is 5.11 Å². The Morgan fingerprint density at radius 2 is 0.957 bits per heavy atom. The zero-order valence-electron chi connectivity index (χ0n) is 16.8. The fourth-order valence-corrected chi connectivity index (χ4v) is 4.04. The van der Waals surface area contributed by atoms with Crippen LogP contribution in [-0.4, -0.2) is 5.60 Å². The molecular formula is C22H45O. The van der Waals surface area contributed by atoms with Crippen molar-refractivity contribution in [1.82, 2.24) is 0 Å². The van der Waals surface area contributed by atoms with Gasteiger partial charge in [0.05, 0.1) is 0 Å². The third-order valence-electron chi connectivity index (χ3n) is 5.40. The summed E-state index contributed by atoms with van der Waals surface area (Å²) in [5.74, 6) is 0.422. The summed E-state index contributed by atoms with van der Waals surface area (Å²) in [7, 11) is 0. The molecule has 23 heavy (non-hydrogen) atoms. The highest BCUT2D eigenvalue weighted by atomic mass is 16.3. The van der Waals surface area contributed by atoms with E-state index in [0.29, 0.717) is 5.92 Å². The highest BCUT2D eigenvalue weighted by Gasteiger charge is 2.36. The fraction of sp³-hybridized carbons (Fsp3) is 1.00. The normalized spacial score (nSPS) is 13.4. The van der Waals surface area contributed by atoms with E-state index in [1.165, 1.54) is 77.0 Å². The standard InChI is InChI=1S/C22H45O/c1-5-9-11-13-14-16-18-21(17-15-12-10-6-2)22(23,19-7-3)20-8-4/h21H,5-20H2,1-4H3. The van der Waals surface area contributed by atoms with Crippen LogP contribution in [0.15, 0.2) is 0 Å². The topological polar surface area (TPSA) is 19.9 Å². The monoisotopic (exact) mass is 325 g/mol. The molecule has 0 aliphatic carbocycles. The van der Waals surface area contributed by atoms with Gasteiger partial charge in [0, 0.05) is 0 Å². The van der Waals surface area contributed by atoms with Crippen LogP contribution in [0.4, 0.5) is 0 Å². The molecule has 0 amide bonds. The van der Waals surface area contributed by atoms with Crippen molar-refractivity contribution in [2.75, 3.05) is 0 Å². The van der Waals surface area contributed by atoms with Gasteiger partial charge in [-0.05, 0) is 31.6 Å². The number of hydrogen-bond donors (Lipinski definition) is 0. The fourth-order valence-electron chi connectivity index (χ4n) is 4.04. The second kappa shape index (κ2) is 15.5. The Morgan fingerprint density at radius 1 is 0.565 bits per heavy atom. The van der Waals surface area contributed by atoms with Gasteiger partial charge in [0.2, 0.25) is 0 Å². The molecule has 0 aliphatic heterocycles. The van der Waals surface area contributed by atoms with E-state index >= 15 is 0 Å². The first-order valence-electron chi connectivity index (χ1n) is 10.8. The van der Waals surface area contributed by atoms with Gasteiger partial charge in [-0.2, -0.15) is 0 Å². The summed E-state index contributed by atoms with van der Waals surface area (Å²) in [6.07, 6.45) is 19.5. The van der Waals surface area contributed by atoms with Crippen molar-refractivity contribution in [2.24, 2.45) is 5.92 Å².